The van der Waals surface area contributed by atoms with Gasteiger partial charge in [0, 0.05) is 6.07 Å². The molecule has 0 bridgehead atoms. The van der Waals surface area contributed by atoms with Gasteiger partial charge in [0.15, 0.2) is 0 Å². The zero-order chi connectivity index (χ0) is 12.8. The summed E-state index contributed by atoms with van der Waals surface area (Å²) in [6.45, 7) is 3.85. The fraction of sp³-hybridized carbons (Fsp3) is 0.455. The second kappa shape index (κ2) is 5.93. The highest BCUT2D eigenvalue weighted by atomic mass is 16.6. The van der Waals surface area contributed by atoms with Crippen molar-refractivity contribution in [1.82, 2.24) is 4.98 Å². The highest BCUT2D eigenvalue weighted by molar-refractivity contribution is 5.91. The van der Waals surface area contributed by atoms with Gasteiger partial charge in [-0.05, 0) is 13.3 Å². The molecule has 0 N–H and O–H groups in total. The first-order valence-electron chi connectivity index (χ1n) is 5.40. The number of hydrogen-bond acceptors (Lipinski definition) is 5. The SMILES string of the molecule is CCCc1ncc([N+](=O)[O-])cc1C(=O)OCC. The first-order chi connectivity index (χ1) is 8.10. The fourth-order valence-corrected chi connectivity index (χ4v) is 1.40. The zero-order valence-electron chi connectivity index (χ0n) is 9.80. The van der Waals surface area contributed by atoms with E-state index in [1.807, 2.05) is 6.92 Å². The molecule has 0 spiro atoms. The monoisotopic (exact) mass is 238 g/mol. The molecule has 0 atom stereocenters. The second-order valence-corrected chi connectivity index (χ2v) is 3.42. The lowest BCUT2D eigenvalue weighted by molar-refractivity contribution is -0.385. The van der Waals surface area contributed by atoms with Crippen LogP contribution < -0.4 is 0 Å². The lowest BCUT2D eigenvalue weighted by atomic mass is 10.1. The van der Waals surface area contributed by atoms with Crippen LogP contribution in [0.15, 0.2) is 12.3 Å². The van der Waals surface area contributed by atoms with Crippen LogP contribution in [0.1, 0.15) is 36.3 Å². The summed E-state index contributed by atoms with van der Waals surface area (Å²) in [6, 6.07) is 1.22. The summed E-state index contributed by atoms with van der Waals surface area (Å²) in [6.07, 6.45) is 2.55. The Bertz CT molecular complexity index is 431. The number of nitro groups is 1. The Morgan fingerprint density at radius 1 is 1.53 bits per heavy atom. The number of rotatable bonds is 5. The molecular weight excluding hydrogens is 224 g/mol. The Kier molecular flexibility index (Phi) is 4.56. The third kappa shape index (κ3) is 3.24. The molecule has 1 heterocycles. The molecule has 0 unspecified atom stereocenters. The van der Waals surface area contributed by atoms with Crippen LogP contribution in [0, 0.1) is 10.1 Å². The van der Waals surface area contributed by atoms with Crippen LogP contribution in [0.2, 0.25) is 0 Å². The average molecular weight is 238 g/mol. The molecule has 0 saturated carbocycles. The van der Waals surface area contributed by atoms with Gasteiger partial charge in [0.05, 0.1) is 22.8 Å². The Balaban J connectivity index is 3.15. The molecule has 0 aliphatic rings. The van der Waals surface area contributed by atoms with Crippen molar-refractivity contribution in [2.45, 2.75) is 26.7 Å². The minimum Gasteiger partial charge on any atom is -0.462 e. The highest BCUT2D eigenvalue weighted by Gasteiger charge is 2.18. The molecule has 0 saturated heterocycles. The van der Waals surface area contributed by atoms with Crippen molar-refractivity contribution in [2.75, 3.05) is 6.61 Å². The minimum absolute atomic E-state index is 0.183. The number of aromatic nitrogens is 1. The average Bonchev–Trinajstić information content (AvgIpc) is 2.30. The van der Waals surface area contributed by atoms with E-state index in [9.17, 15) is 14.9 Å². The number of carbonyl (C=O) groups is 1. The van der Waals surface area contributed by atoms with Gasteiger partial charge in [-0.2, -0.15) is 0 Å². The lowest BCUT2D eigenvalue weighted by Crippen LogP contribution is -2.10. The molecule has 0 aromatic carbocycles. The molecule has 0 fully saturated rings. The zero-order valence-corrected chi connectivity index (χ0v) is 9.80. The smallest absolute Gasteiger partial charge is 0.340 e. The van der Waals surface area contributed by atoms with E-state index in [2.05, 4.69) is 4.98 Å². The summed E-state index contributed by atoms with van der Waals surface area (Å²) in [7, 11) is 0. The maximum absolute atomic E-state index is 11.6. The van der Waals surface area contributed by atoms with Crippen molar-refractivity contribution in [3.8, 4) is 0 Å². The number of carbonyl (C=O) groups excluding carboxylic acids is 1. The van der Waals surface area contributed by atoms with Crippen LogP contribution in [-0.2, 0) is 11.2 Å². The van der Waals surface area contributed by atoms with Crippen LogP contribution >= 0.6 is 0 Å². The number of ether oxygens (including phenoxy) is 1. The van der Waals surface area contributed by atoms with Crippen molar-refractivity contribution in [1.29, 1.82) is 0 Å². The van der Waals surface area contributed by atoms with Crippen molar-refractivity contribution < 1.29 is 14.5 Å². The van der Waals surface area contributed by atoms with E-state index in [0.29, 0.717) is 12.1 Å². The predicted molar refractivity (Wildman–Crippen MR) is 60.8 cm³/mol. The maximum atomic E-state index is 11.6. The molecule has 17 heavy (non-hydrogen) atoms. The van der Waals surface area contributed by atoms with Gasteiger partial charge in [0.2, 0.25) is 0 Å². The molecule has 92 valence electrons. The van der Waals surface area contributed by atoms with Gasteiger partial charge in [-0.1, -0.05) is 13.3 Å². The number of esters is 1. The molecule has 0 aliphatic carbocycles. The minimum atomic E-state index is -0.578. The molecule has 1 rings (SSSR count). The van der Waals surface area contributed by atoms with Gasteiger partial charge >= 0.3 is 5.97 Å². The van der Waals surface area contributed by atoms with Crippen LogP contribution in [0.3, 0.4) is 0 Å². The van der Waals surface area contributed by atoms with Crippen LogP contribution in [0.25, 0.3) is 0 Å². The largest absolute Gasteiger partial charge is 0.462 e. The molecule has 0 aliphatic heterocycles. The van der Waals surface area contributed by atoms with E-state index in [0.717, 1.165) is 12.6 Å². The third-order valence-corrected chi connectivity index (χ3v) is 2.15. The van der Waals surface area contributed by atoms with Gasteiger partial charge in [0.25, 0.3) is 5.69 Å². The molecule has 1 aromatic rings. The Labute approximate surface area is 98.8 Å². The van der Waals surface area contributed by atoms with E-state index < -0.39 is 10.9 Å². The molecule has 6 nitrogen and oxygen atoms in total. The Morgan fingerprint density at radius 3 is 2.76 bits per heavy atom. The molecule has 0 amide bonds. The van der Waals surface area contributed by atoms with Crippen molar-refractivity contribution >= 4 is 11.7 Å². The topological polar surface area (TPSA) is 82.3 Å². The lowest BCUT2D eigenvalue weighted by Gasteiger charge is -2.06. The van der Waals surface area contributed by atoms with Crippen LogP contribution in [-0.4, -0.2) is 22.5 Å². The fourth-order valence-electron chi connectivity index (χ4n) is 1.40. The first kappa shape index (κ1) is 13.1. The second-order valence-electron chi connectivity index (χ2n) is 3.42. The predicted octanol–water partition coefficient (Wildman–Crippen LogP) is 2.12. The van der Waals surface area contributed by atoms with Gasteiger partial charge in [-0.15, -0.1) is 0 Å². The molecule has 1 aromatic heterocycles. The van der Waals surface area contributed by atoms with E-state index in [1.165, 1.54) is 6.07 Å². The van der Waals surface area contributed by atoms with Crippen molar-refractivity contribution in [3.05, 3.63) is 33.6 Å². The number of aryl methyl sites for hydroxylation is 1. The summed E-state index contributed by atoms with van der Waals surface area (Å²) >= 11 is 0. The summed E-state index contributed by atoms with van der Waals surface area (Å²) in [4.78, 5) is 25.6. The molecular formula is C11H14N2O4. The summed E-state index contributed by atoms with van der Waals surface area (Å²) < 4.78 is 4.85. The van der Waals surface area contributed by atoms with Crippen LogP contribution in [0.4, 0.5) is 5.69 Å². The summed E-state index contributed by atoms with van der Waals surface area (Å²) in [5.41, 5.74) is 0.521. The van der Waals surface area contributed by atoms with E-state index in [-0.39, 0.29) is 17.9 Å². The maximum Gasteiger partial charge on any atom is 0.340 e. The van der Waals surface area contributed by atoms with E-state index >= 15 is 0 Å². The van der Waals surface area contributed by atoms with Gasteiger partial charge in [-0.3, -0.25) is 15.1 Å². The first-order valence-corrected chi connectivity index (χ1v) is 5.40. The Hall–Kier alpha value is -1.98. The van der Waals surface area contributed by atoms with Gasteiger partial charge in [0.1, 0.15) is 6.20 Å². The number of hydrogen-bond donors (Lipinski definition) is 0. The highest BCUT2D eigenvalue weighted by Crippen LogP contribution is 2.17. The quantitative estimate of drug-likeness (QED) is 0.445. The van der Waals surface area contributed by atoms with Gasteiger partial charge in [-0.25, -0.2) is 4.79 Å². The number of pyridine rings is 1. The summed E-state index contributed by atoms with van der Waals surface area (Å²) in [5, 5.41) is 10.6. The normalized spacial score (nSPS) is 10.0. The number of nitrogens with zero attached hydrogens (tertiary/aromatic N) is 2. The standard InChI is InChI=1S/C11H14N2O4/c1-3-5-10-9(11(14)17-4-2)6-8(7-12-10)13(15)16/h6-7H,3-5H2,1-2H3. The third-order valence-electron chi connectivity index (χ3n) is 2.15. The van der Waals surface area contributed by atoms with E-state index in [4.69, 9.17) is 4.74 Å². The summed E-state index contributed by atoms with van der Waals surface area (Å²) in [5.74, 6) is -0.563. The van der Waals surface area contributed by atoms with Gasteiger partial charge < -0.3 is 4.74 Å². The Morgan fingerprint density at radius 2 is 2.24 bits per heavy atom. The molecule has 0 radical (unpaired) electrons. The van der Waals surface area contributed by atoms with Crippen molar-refractivity contribution in [2.24, 2.45) is 0 Å². The molecule has 6 heteroatoms. The van der Waals surface area contributed by atoms with E-state index in [1.54, 1.807) is 6.92 Å². The van der Waals surface area contributed by atoms with Crippen molar-refractivity contribution in [3.63, 3.8) is 0 Å². The van der Waals surface area contributed by atoms with Crippen LogP contribution in [0.5, 0.6) is 0 Å².